The molecule has 0 unspecified atom stereocenters. The van der Waals surface area contributed by atoms with Crippen LogP contribution in [0.1, 0.15) is 5.69 Å². The molecule has 0 atom stereocenters. The number of ether oxygens (including phenoxy) is 1. The fourth-order valence-electron chi connectivity index (χ4n) is 1.14. The summed E-state index contributed by atoms with van der Waals surface area (Å²) in [7, 11) is 3.52. The van der Waals surface area contributed by atoms with Crippen molar-refractivity contribution in [1.29, 1.82) is 0 Å². The van der Waals surface area contributed by atoms with Gasteiger partial charge in [0.25, 0.3) is 0 Å². The molecule has 1 aromatic heterocycles. The molecular weight excluding hydrogens is 208 g/mol. The molecule has 0 aliphatic heterocycles. The van der Waals surface area contributed by atoms with Crippen LogP contribution in [0.25, 0.3) is 0 Å². The van der Waals surface area contributed by atoms with Gasteiger partial charge in [-0.15, -0.1) is 0 Å². The summed E-state index contributed by atoms with van der Waals surface area (Å²) in [6.45, 7) is 1.79. The van der Waals surface area contributed by atoms with Gasteiger partial charge >= 0.3 is 0 Å². The molecule has 7 nitrogen and oxygen atoms in total. The van der Waals surface area contributed by atoms with Crippen LogP contribution in [-0.4, -0.2) is 36.0 Å². The van der Waals surface area contributed by atoms with Crippen molar-refractivity contribution in [2.75, 3.05) is 20.3 Å². The van der Waals surface area contributed by atoms with Crippen LogP contribution in [-0.2, 0) is 18.3 Å². The number of aromatic nitrogens is 2. The number of nitrogens with two attached hydrogens (primary N) is 1. The Morgan fingerprint density at radius 3 is 3.06 bits per heavy atom. The summed E-state index contributed by atoms with van der Waals surface area (Å²) in [5, 5.41) is 7.06. The second kappa shape index (κ2) is 6.81. The van der Waals surface area contributed by atoms with Crippen LogP contribution < -0.4 is 16.6 Å². The summed E-state index contributed by atoms with van der Waals surface area (Å²) in [5.74, 6) is 5.87. The number of methoxy groups -OCH3 is 1. The predicted molar refractivity (Wildman–Crippen MR) is 61.5 cm³/mol. The SMILES string of the molecule is COCCNC(=NCc1ccnn1C)NN. The van der Waals surface area contributed by atoms with E-state index in [4.69, 9.17) is 10.6 Å². The van der Waals surface area contributed by atoms with Gasteiger partial charge in [-0.1, -0.05) is 0 Å². The van der Waals surface area contributed by atoms with E-state index < -0.39 is 0 Å². The third kappa shape index (κ3) is 3.87. The zero-order chi connectivity index (χ0) is 11.8. The fourth-order valence-corrected chi connectivity index (χ4v) is 1.14. The summed E-state index contributed by atoms with van der Waals surface area (Å²) >= 11 is 0. The molecule has 0 aromatic carbocycles. The van der Waals surface area contributed by atoms with Crippen LogP contribution >= 0.6 is 0 Å². The molecule has 1 aromatic rings. The summed E-state index contributed by atoms with van der Waals surface area (Å²) in [6.07, 6.45) is 1.73. The molecule has 0 saturated heterocycles. The van der Waals surface area contributed by atoms with Crippen LogP contribution in [0.4, 0.5) is 0 Å². The van der Waals surface area contributed by atoms with Crippen molar-refractivity contribution in [2.45, 2.75) is 6.54 Å². The lowest BCUT2D eigenvalue weighted by molar-refractivity contribution is 0.203. The molecule has 16 heavy (non-hydrogen) atoms. The van der Waals surface area contributed by atoms with Crippen molar-refractivity contribution < 1.29 is 4.74 Å². The third-order valence-electron chi connectivity index (χ3n) is 2.06. The standard InChI is InChI=1S/C9H18N6O/c1-15-8(3-4-13-15)7-12-9(14-10)11-5-6-16-2/h3-4H,5-7,10H2,1-2H3,(H2,11,12,14). The van der Waals surface area contributed by atoms with Gasteiger partial charge in [-0.3, -0.25) is 10.1 Å². The minimum absolute atomic E-state index is 0.524. The Labute approximate surface area is 94.6 Å². The van der Waals surface area contributed by atoms with Crippen LogP contribution in [0.3, 0.4) is 0 Å². The molecule has 90 valence electrons. The largest absolute Gasteiger partial charge is 0.383 e. The molecule has 4 N–H and O–H groups in total. The first-order valence-electron chi connectivity index (χ1n) is 4.98. The molecule has 0 radical (unpaired) electrons. The maximum atomic E-state index is 5.33. The zero-order valence-corrected chi connectivity index (χ0v) is 9.60. The summed E-state index contributed by atoms with van der Waals surface area (Å²) in [6, 6.07) is 1.91. The zero-order valence-electron chi connectivity index (χ0n) is 9.60. The van der Waals surface area contributed by atoms with Crippen molar-refractivity contribution >= 4 is 5.96 Å². The van der Waals surface area contributed by atoms with E-state index in [0.717, 1.165) is 5.69 Å². The molecule has 0 spiro atoms. The molecule has 1 rings (SSSR count). The number of aryl methyl sites for hydroxylation is 1. The van der Waals surface area contributed by atoms with Crippen molar-refractivity contribution in [1.82, 2.24) is 20.5 Å². The smallest absolute Gasteiger partial charge is 0.206 e. The van der Waals surface area contributed by atoms with Gasteiger partial charge in [0.15, 0.2) is 0 Å². The van der Waals surface area contributed by atoms with Gasteiger partial charge in [-0.25, -0.2) is 10.8 Å². The van der Waals surface area contributed by atoms with E-state index in [9.17, 15) is 0 Å². The molecule has 0 bridgehead atoms. The van der Waals surface area contributed by atoms with E-state index in [1.807, 2.05) is 13.1 Å². The molecule has 0 fully saturated rings. The van der Waals surface area contributed by atoms with Gasteiger partial charge in [0.2, 0.25) is 5.96 Å². The number of nitrogens with zero attached hydrogens (tertiary/aromatic N) is 3. The maximum absolute atomic E-state index is 5.33. The number of rotatable bonds is 5. The predicted octanol–water partition coefficient (Wildman–Crippen LogP) is -1.02. The van der Waals surface area contributed by atoms with E-state index in [2.05, 4.69) is 20.8 Å². The van der Waals surface area contributed by atoms with E-state index in [-0.39, 0.29) is 0 Å². The van der Waals surface area contributed by atoms with Gasteiger partial charge in [-0.2, -0.15) is 5.10 Å². The Balaban J connectivity index is 2.43. The maximum Gasteiger partial charge on any atom is 0.206 e. The highest BCUT2D eigenvalue weighted by Crippen LogP contribution is 1.97. The summed E-state index contributed by atoms with van der Waals surface area (Å²) in [4.78, 5) is 4.27. The number of aliphatic imine (C=N–C) groups is 1. The first-order chi connectivity index (χ1) is 7.77. The van der Waals surface area contributed by atoms with Crippen molar-refractivity contribution in [2.24, 2.45) is 17.9 Å². The highest BCUT2D eigenvalue weighted by atomic mass is 16.5. The summed E-state index contributed by atoms with van der Waals surface area (Å²) in [5.41, 5.74) is 3.51. The second-order valence-electron chi connectivity index (χ2n) is 3.17. The van der Waals surface area contributed by atoms with E-state index in [1.165, 1.54) is 0 Å². The molecule has 7 heteroatoms. The lowest BCUT2D eigenvalue weighted by Gasteiger charge is -2.08. The van der Waals surface area contributed by atoms with Gasteiger partial charge in [-0.05, 0) is 6.07 Å². The topological polar surface area (TPSA) is 89.5 Å². The van der Waals surface area contributed by atoms with E-state index >= 15 is 0 Å². The lowest BCUT2D eigenvalue weighted by atomic mass is 10.4. The Kier molecular flexibility index (Phi) is 5.30. The first-order valence-corrected chi connectivity index (χ1v) is 4.98. The number of guanidine groups is 1. The fraction of sp³-hybridized carbons (Fsp3) is 0.556. The van der Waals surface area contributed by atoms with Gasteiger partial charge < -0.3 is 10.1 Å². The molecule has 0 amide bonds. The minimum atomic E-state index is 0.524. The number of hydrogen-bond acceptors (Lipinski definition) is 4. The molecule has 0 saturated carbocycles. The minimum Gasteiger partial charge on any atom is -0.383 e. The van der Waals surface area contributed by atoms with Gasteiger partial charge in [0, 0.05) is 26.9 Å². The number of hydrogen-bond donors (Lipinski definition) is 3. The van der Waals surface area contributed by atoms with E-state index in [1.54, 1.807) is 18.0 Å². The normalized spacial score (nSPS) is 11.6. The number of hydrazine groups is 1. The molecular formula is C9H18N6O. The third-order valence-corrected chi connectivity index (χ3v) is 2.06. The van der Waals surface area contributed by atoms with Crippen molar-refractivity contribution in [3.8, 4) is 0 Å². The van der Waals surface area contributed by atoms with Gasteiger partial charge in [0.1, 0.15) is 0 Å². The quantitative estimate of drug-likeness (QED) is 0.196. The van der Waals surface area contributed by atoms with E-state index in [0.29, 0.717) is 25.7 Å². The van der Waals surface area contributed by atoms with Crippen molar-refractivity contribution in [3.63, 3.8) is 0 Å². The highest BCUT2D eigenvalue weighted by Gasteiger charge is 1.98. The van der Waals surface area contributed by atoms with Crippen molar-refractivity contribution in [3.05, 3.63) is 18.0 Å². The molecule has 1 heterocycles. The van der Waals surface area contributed by atoms with Gasteiger partial charge in [0.05, 0.1) is 18.8 Å². The Morgan fingerprint density at radius 1 is 1.69 bits per heavy atom. The van der Waals surface area contributed by atoms with Crippen LogP contribution in [0.2, 0.25) is 0 Å². The Hall–Kier alpha value is -1.60. The molecule has 0 aliphatic rings. The second-order valence-corrected chi connectivity index (χ2v) is 3.17. The average molecular weight is 226 g/mol. The average Bonchev–Trinajstić information content (AvgIpc) is 2.69. The first kappa shape index (κ1) is 12.5. The van der Waals surface area contributed by atoms with Crippen LogP contribution in [0.5, 0.6) is 0 Å². The number of nitrogens with one attached hydrogen (secondary N) is 2. The highest BCUT2D eigenvalue weighted by molar-refractivity contribution is 5.79. The Morgan fingerprint density at radius 2 is 2.50 bits per heavy atom. The van der Waals surface area contributed by atoms with Crippen LogP contribution in [0, 0.1) is 0 Å². The lowest BCUT2D eigenvalue weighted by Crippen LogP contribution is -2.42. The Bertz CT molecular complexity index is 334. The van der Waals surface area contributed by atoms with Crippen LogP contribution in [0.15, 0.2) is 17.3 Å². The monoisotopic (exact) mass is 226 g/mol. The molecule has 0 aliphatic carbocycles. The summed E-state index contributed by atoms with van der Waals surface area (Å²) < 4.78 is 6.68.